The molecule has 0 aromatic heterocycles. The number of thiocarbonyl (C=S) groups is 1. The molecule has 0 radical (unpaired) electrons. The Bertz CT molecular complexity index is 1180. The summed E-state index contributed by atoms with van der Waals surface area (Å²) in [5.41, 5.74) is 2.41. The third-order valence-electron chi connectivity index (χ3n) is 5.89. The third kappa shape index (κ3) is 5.60. The van der Waals surface area contributed by atoms with Gasteiger partial charge in [-0.3, -0.25) is 14.5 Å². The second-order valence-corrected chi connectivity index (χ2v) is 8.44. The van der Waals surface area contributed by atoms with Crippen LogP contribution in [0.2, 0.25) is 0 Å². The molecule has 0 aliphatic carbocycles. The Balaban J connectivity index is 1.52. The highest BCUT2D eigenvalue weighted by Crippen LogP contribution is 2.28. The van der Waals surface area contributed by atoms with E-state index in [4.69, 9.17) is 21.7 Å². The minimum atomic E-state index is -0.695. The molecule has 0 bridgehead atoms. The van der Waals surface area contributed by atoms with Crippen LogP contribution in [0.25, 0.3) is 0 Å². The van der Waals surface area contributed by atoms with E-state index < -0.39 is 6.04 Å². The number of nitrogens with one attached hydrogen (secondary N) is 1. The first kappa shape index (κ1) is 24.2. The van der Waals surface area contributed by atoms with Gasteiger partial charge in [0, 0.05) is 12.2 Å². The van der Waals surface area contributed by atoms with Gasteiger partial charge in [-0.05, 0) is 72.7 Å². The van der Waals surface area contributed by atoms with Crippen molar-refractivity contribution in [2.24, 2.45) is 0 Å². The minimum Gasteiger partial charge on any atom is -0.497 e. The maximum atomic E-state index is 13.5. The fourth-order valence-electron chi connectivity index (χ4n) is 4.01. The number of anilines is 2. The van der Waals surface area contributed by atoms with Gasteiger partial charge in [-0.2, -0.15) is 0 Å². The summed E-state index contributed by atoms with van der Waals surface area (Å²) in [6.07, 6.45) is 0.646. The van der Waals surface area contributed by atoms with Gasteiger partial charge in [0.2, 0.25) is 5.91 Å². The number of carbonyl (C=O) groups is 2. The Morgan fingerprint density at radius 1 is 0.914 bits per heavy atom. The molecule has 7 nitrogen and oxygen atoms in total. The minimum absolute atomic E-state index is 0.0169. The van der Waals surface area contributed by atoms with Gasteiger partial charge >= 0.3 is 0 Å². The Kier molecular flexibility index (Phi) is 7.62. The quantitative estimate of drug-likeness (QED) is 0.453. The molecular weight excluding hydrogens is 462 g/mol. The van der Waals surface area contributed by atoms with Crippen LogP contribution >= 0.6 is 12.2 Å². The molecule has 1 atom stereocenters. The van der Waals surface area contributed by atoms with Gasteiger partial charge in [-0.1, -0.05) is 30.3 Å². The predicted molar refractivity (Wildman–Crippen MR) is 140 cm³/mol. The molecule has 1 aliphatic heterocycles. The highest BCUT2D eigenvalue weighted by Gasteiger charge is 2.43. The van der Waals surface area contributed by atoms with Gasteiger partial charge < -0.3 is 19.7 Å². The number of para-hydroxylation sites is 1. The Morgan fingerprint density at radius 2 is 1.51 bits per heavy atom. The monoisotopic (exact) mass is 489 g/mol. The zero-order valence-corrected chi connectivity index (χ0v) is 20.5. The highest BCUT2D eigenvalue weighted by molar-refractivity contribution is 7.80. The summed E-state index contributed by atoms with van der Waals surface area (Å²) in [6.45, 7) is 0.501. The first-order chi connectivity index (χ1) is 17.0. The fourth-order valence-corrected chi connectivity index (χ4v) is 4.42. The lowest BCUT2D eigenvalue weighted by Gasteiger charge is -2.24. The zero-order chi connectivity index (χ0) is 24.8. The van der Waals surface area contributed by atoms with E-state index in [2.05, 4.69) is 5.32 Å². The molecule has 1 fully saturated rings. The highest BCUT2D eigenvalue weighted by atomic mass is 32.1. The lowest BCUT2D eigenvalue weighted by atomic mass is 10.1. The van der Waals surface area contributed by atoms with Crippen LogP contribution in [0.4, 0.5) is 11.4 Å². The molecule has 3 aromatic carbocycles. The predicted octanol–water partition coefficient (Wildman–Crippen LogP) is 4.28. The third-order valence-corrected chi connectivity index (χ3v) is 6.30. The topological polar surface area (TPSA) is 71.1 Å². The molecule has 0 unspecified atom stereocenters. The average Bonchev–Trinajstić information content (AvgIpc) is 3.12. The SMILES string of the molecule is COc1ccc(CCN2C(=S)N(c3ccccc3)C(=O)[C@@H]2CC(=O)Nc2ccc(OC)cc2)cc1. The number of rotatable bonds is 9. The first-order valence-electron chi connectivity index (χ1n) is 11.3. The van der Waals surface area contributed by atoms with E-state index in [1.807, 2.05) is 59.5 Å². The lowest BCUT2D eigenvalue weighted by Crippen LogP contribution is -2.39. The smallest absolute Gasteiger partial charge is 0.256 e. The van der Waals surface area contributed by atoms with E-state index in [9.17, 15) is 9.59 Å². The number of hydrogen-bond acceptors (Lipinski definition) is 5. The summed E-state index contributed by atoms with van der Waals surface area (Å²) in [6, 6.07) is 23.4. The van der Waals surface area contributed by atoms with E-state index in [-0.39, 0.29) is 18.2 Å². The summed E-state index contributed by atoms with van der Waals surface area (Å²) < 4.78 is 10.4. The number of amides is 2. The van der Waals surface area contributed by atoms with Crippen LogP contribution in [-0.2, 0) is 16.0 Å². The Hall–Kier alpha value is -3.91. The summed E-state index contributed by atoms with van der Waals surface area (Å²) in [7, 11) is 3.21. The van der Waals surface area contributed by atoms with Crippen molar-refractivity contribution < 1.29 is 19.1 Å². The summed E-state index contributed by atoms with van der Waals surface area (Å²) in [5, 5.41) is 3.27. The molecule has 0 spiro atoms. The van der Waals surface area contributed by atoms with Gasteiger partial charge in [0.1, 0.15) is 17.5 Å². The van der Waals surface area contributed by atoms with Gasteiger partial charge in [0.05, 0.1) is 26.3 Å². The van der Waals surface area contributed by atoms with E-state index >= 15 is 0 Å². The fraction of sp³-hybridized carbons (Fsp3) is 0.222. The number of hydrogen-bond donors (Lipinski definition) is 1. The van der Waals surface area contributed by atoms with Gasteiger partial charge in [-0.15, -0.1) is 0 Å². The van der Waals surface area contributed by atoms with Crippen molar-refractivity contribution in [1.82, 2.24) is 4.90 Å². The zero-order valence-electron chi connectivity index (χ0n) is 19.6. The second-order valence-electron chi connectivity index (χ2n) is 8.08. The number of benzene rings is 3. The lowest BCUT2D eigenvalue weighted by molar-refractivity contribution is -0.124. The summed E-state index contributed by atoms with van der Waals surface area (Å²) in [4.78, 5) is 29.8. The molecule has 1 saturated heterocycles. The summed E-state index contributed by atoms with van der Waals surface area (Å²) in [5.74, 6) is 1.01. The van der Waals surface area contributed by atoms with Crippen LogP contribution in [0.15, 0.2) is 78.9 Å². The Morgan fingerprint density at radius 3 is 2.11 bits per heavy atom. The van der Waals surface area contributed by atoms with Crippen LogP contribution in [0.5, 0.6) is 11.5 Å². The largest absolute Gasteiger partial charge is 0.497 e. The van der Waals surface area contributed by atoms with E-state index in [0.717, 1.165) is 11.3 Å². The van der Waals surface area contributed by atoms with E-state index in [1.54, 1.807) is 38.5 Å². The van der Waals surface area contributed by atoms with Crippen LogP contribution < -0.4 is 19.7 Å². The van der Waals surface area contributed by atoms with Crippen molar-refractivity contribution in [1.29, 1.82) is 0 Å². The van der Waals surface area contributed by atoms with Crippen molar-refractivity contribution >= 4 is 40.5 Å². The van der Waals surface area contributed by atoms with Gasteiger partial charge in [-0.25, -0.2) is 0 Å². The van der Waals surface area contributed by atoms with Crippen molar-refractivity contribution in [2.75, 3.05) is 31.0 Å². The van der Waals surface area contributed by atoms with Crippen LogP contribution in [0.1, 0.15) is 12.0 Å². The van der Waals surface area contributed by atoms with E-state index in [1.165, 1.54) is 4.90 Å². The molecule has 1 N–H and O–H groups in total. The normalized spacial score (nSPS) is 15.3. The number of methoxy groups -OCH3 is 2. The van der Waals surface area contributed by atoms with Crippen LogP contribution in [-0.4, -0.2) is 48.6 Å². The van der Waals surface area contributed by atoms with E-state index in [0.29, 0.717) is 35.2 Å². The molecule has 35 heavy (non-hydrogen) atoms. The maximum Gasteiger partial charge on any atom is 0.256 e. The summed E-state index contributed by atoms with van der Waals surface area (Å²) >= 11 is 5.73. The molecule has 2 amide bonds. The number of carbonyl (C=O) groups excluding carboxylic acids is 2. The number of ether oxygens (including phenoxy) is 2. The maximum absolute atomic E-state index is 13.5. The molecule has 3 aromatic rings. The van der Waals surface area contributed by atoms with Crippen molar-refractivity contribution in [2.45, 2.75) is 18.9 Å². The second kappa shape index (κ2) is 11.0. The molecule has 0 saturated carbocycles. The Labute approximate surface area is 210 Å². The standard InChI is InChI=1S/C27H27N3O4S/c1-33-22-12-8-19(9-13-22)16-17-29-24(18-25(31)28-20-10-14-23(34-2)15-11-20)26(32)30(27(29)35)21-6-4-3-5-7-21/h3-15,24H,16-18H2,1-2H3,(H,28,31)/t24-/m0/s1. The van der Waals surface area contributed by atoms with Crippen LogP contribution in [0, 0.1) is 0 Å². The molecule has 1 heterocycles. The van der Waals surface area contributed by atoms with Crippen molar-refractivity contribution in [3.8, 4) is 11.5 Å². The van der Waals surface area contributed by atoms with Crippen molar-refractivity contribution in [3.05, 3.63) is 84.4 Å². The van der Waals surface area contributed by atoms with Crippen molar-refractivity contribution in [3.63, 3.8) is 0 Å². The molecule has 4 rings (SSSR count). The van der Waals surface area contributed by atoms with Gasteiger partial charge in [0.25, 0.3) is 5.91 Å². The van der Waals surface area contributed by atoms with Crippen LogP contribution in [0.3, 0.4) is 0 Å². The molecule has 1 aliphatic rings. The number of nitrogens with zero attached hydrogens (tertiary/aromatic N) is 2. The first-order valence-corrected chi connectivity index (χ1v) is 11.7. The van der Waals surface area contributed by atoms with Gasteiger partial charge in [0.15, 0.2) is 5.11 Å². The molecule has 180 valence electrons. The molecule has 8 heteroatoms. The molecular formula is C27H27N3O4S. The average molecular weight is 490 g/mol.